The molecule has 76 valence electrons. The van der Waals surface area contributed by atoms with E-state index in [1.807, 2.05) is 11.0 Å². The highest BCUT2D eigenvalue weighted by atomic mass is 19.1. The number of fused-ring (bicyclic) bond motifs is 1. The number of nitrogens with zero attached hydrogens (tertiary/aromatic N) is 1. The topological polar surface area (TPSA) is 23.5 Å². The lowest BCUT2D eigenvalue weighted by molar-refractivity contribution is 0.200. The first-order valence-corrected chi connectivity index (χ1v) is 4.88. The molecule has 0 saturated carbocycles. The fourth-order valence-corrected chi connectivity index (χ4v) is 1.93. The summed E-state index contributed by atoms with van der Waals surface area (Å²) >= 11 is 0. The number of anilines is 1. The fraction of sp³-hybridized carbons (Fsp3) is 0.455. The first-order valence-electron chi connectivity index (χ1n) is 4.88. The zero-order valence-corrected chi connectivity index (χ0v) is 8.20. The normalized spacial score (nSPS) is 16.9. The Hall–Kier alpha value is -1.09. The van der Waals surface area contributed by atoms with E-state index < -0.39 is 0 Å². The van der Waals surface area contributed by atoms with E-state index in [9.17, 15) is 9.50 Å². The third-order valence-corrected chi connectivity index (χ3v) is 2.52. The zero-order chi connectivity index (χ0) is 10.1. The summed E-state index contributed by atoms with van der Waals surface area (Å²) in [6.45, 7) is 3.21. The number of halogens is 1. The van der Waals surface area contributed by atoms with E-state index in [4.69, 9.17) is 0 Å². The van der Waals surface area contributed by atoms with Crippen LogP contribution in [0.15, 0.2) is 18.2 Å². The molecule has 0 bridgehead atoms. The Balaban J connectivity index is 2.24. The third kappa shape index (κ3) is 1.73. The minimum Gasteiger partial charge on any atom is -0.392 e. The Bertz CT molecular complexity index is 338. The Morgan fingerprint density at radius 1 is 1.57 bits per heavy atom. The maximum atomic E-state index is 13.0. The highest BCUT2D eigenvalue weighted by molar-refractivity contribution is 5.58. The summed E-state index contributed by atoms with van der Waals surface area (Å²) in [4.78, 5) is 2.03. The number of benzene rings is 1. The van der Waals surface area contributed by atoms with Crippen LogP contribution in [0.2, 0.25) is 0 Å². The van der Waals surface area contributed by atoms with Crippen molar-refractivity contribution in [2.24, 2.45) is 0 Å². The van der Waals surface area contributed by atoms with Crippen LogP contribution < -0.4 is 4.90 Å². The van der Waals surface area contributed by atoms with Gasteiger partial charge in [0, 0.05) is 18.8 Å². The minimum absolute atomic E-state index is 0.207. The molecule has 1 aliphatic rings. The zero-order valence-electron chi connectivity index (χ0n) is 8.20. The van der Waals surface area contributed by atoms with Gasteiger partial charge in [0.25, 0.3) is 0 Å². The number of aliphatic hydroxyl groups is 1. The second-order valence-electron chi connectivity index (χ2n) is 3.82. The first kappa shape index (κ1) is 9.46. The molecule has 14 heavy (non-hydrogen) atoms. The second-order valence-corrected chi connectivity index (χ2v) is 3.82. The molecule has 1 atom stereocenters. The van der Waals surface area contributed by atoms with Crippen molar-refractivity contribution in [1.29, 1.82) is 0 Å². The monoisotopic (exact) mass is 195 g/mol. The molecule has 0 fully saturated rings. The molecule has 1 heterocycles. The summed E-state index contributed by atoms with van der Waals surface area (Å²) in [7, 11) is 0. The van der Waals surface area contributed by atoms with Gasteiger partial charge in [-0.25, -0.2) is 4.39 Å². The van der Waals surface area contributed by atoms with Gasteiger partial charge in [0.15, 0.2) is 0 Å². The molecule has 0 amide bonds. The molecule has 3 heteroatoms. The molecule has 2 nitrogen and oxygen atoms in total. The molecule has 1 aromatic carbocycles. The second kappa shape index (κ2) is 3.58. The number of β-amino-alcohol motifs (C(OH)–C–C–N with tert-alkyl or cyclic N) is 1. The van der Waals surface area contributed by atoms with Crippen molar-refractivity contribution in [1.82, 2.24) is 0 Å². The Kier molecular flexibility index (Phi) is 2.42. The highest BCUT2D eigenvalue weighted by Crippen LogP contribution is 2.28. The molecular weight excluding hydrogens is 181 g/mol. The van der Waals surface area contributed by atoms with Crippen LogP contribution in [0.25, 0.3) is 0 Å². The van der Waals surface area contributed by atoms with E-state index >= 15 is 0 Å². The summed E-state index contributed by atoms with van der Waals surface area (Å²) in [5.41, 5.74) is 2.11. The van der Waals surface area contributed by atoms with Crippen LogP contribution in [0, 0.1) is 5.82 Å². The van der Waals surface area contributed by atoms with Gasteiger partial charge >= 0.3 is 0 Å². The summed E-state index contributed by atoms with van der Waals surface area (Å²) in [6, 6.07) is 4.86. The van der Waals surface area contributed by atoms with Crippen LogP contribution in [0.1, 0.15) is 12.5 Å². The van der Waals surface area contributed by atoms with Gasteiger partial charge in [-0.3, -0.25) is 0 Å². The summed E-state index contributed by atoms with van der Waals surface area (Å²) in [5.74, 6) is -0.207. The number of rotatable bonds is 2. The molecular formula is C11H14FNO. The Morgan fingerprint density at radius 2 is 2.36 bits per heavy atom. The third-order valence-electron chi connectivity index (χ3n) is 2.52. The van der Waals surface area contributed by atoms with Gasteiger partial charge in [-0.05, 0) is 31.0 Å². The quantitative estimate of drug-likeness (QED) is 0.774. The van der Waals surface area contributed by atoms with Crippen LogP contribution in [-0.4, -0.2) is 24.3 Å². The standard InChI is InChI=1S/C11H14FNO/c1-8(14)7-13-5-4-9-2-3-10(12)6-11(9)13/h2-3,6,8,14H,4-5,7H2,1H3/t8-/m1/s1. The molecule has 0 radical (unpaired) electrons. The van der Waals surface area contributed by atoms with Gasteiger partial charge in [-0.1, -0.05) is 6.07 Å². The summed E-state index contributed by atoms with van der Waals surface area (Å²) in [6.07, 6.45) is 0.576. The minimum atomic E-state index is -0.371. The summed E-state index contributed by atoms with van der Waals surface area (Å²) in [5, 5.41) is 9.27. The molecule has 1 aliphatic heterocycles. The maximum absolute atomic E-state index is 13.0. The maximum Gasteiger partial charge on any atom is 0.125 e. The van der Waals surface area contributed by atoms with Crippen molar-refractivity contribution in [3.8, 4) is 0 Å². The van der Waals surface area contributed by atoms with E-state index in [0.29, 0.717) is 6.54 Å². The van der Waals surface area contributed by atoms with Gasteiger partial charge in [0.05, 0.1) is 6.10 Å². The molecule has 0 unspecified atom stereocenters. The number of aliphatic hydroxyl groups excluding tert-OH is 1. The van der Waals surface area contributed by atoms with E-state index in [1.54, 1.807) is 13.0 Å². The summed E-state index contributed by atoms with van der Waals surface area (Å²) < 4.78 is 13.0. The molecule has 0 aliphatic carbocycles. The van der Waals surface area contributed by atoms with Gasteiger partial charge < -0.3 is 10.0 Å². The fourth-order valence-electron chi connectivity index (χ4n) is 1.93. The SMILES string of the molecule is C[C@@H](O)CN1CCc2ccc(F)cc21. The van der Waals surface area contributed by atoms with E-state index in [-0.39, 0.29) is 11.9 Å². The van der Waals surface area contributed by atoms with Gasteiger partial charge in [0.2, 0.25) is 0 Å². The molecule has 1 N–H and O–H groups in total. The van der Waals surface area contributed by atoms with Crippen molar-refractivity contribution >= 4 is 5.69 Å². The van der Waals surface area contributed by atoms with E-state index in [1.165, 1.54) is 11.6 Å². The van der Waals surface area contributed by atoms with Crippen LogP contribution >= 0.6 is 0 Å². The average molecular weight is 195 g/mol. The lowest BCUT2D eigenvalue weighted by atomic mass is 10.2. The first-order chi connectivity index (χ1) is 6.66. The number of hydrogen-bond donors (Lipinski definition) is 1. The highest BCUT2D eigenvalue weighted by Gasteiger charge is 2.20. The Morgan fingerprint density at radius 3 is 3.07 bits per heavy atom. The van der Waals surface area contributed by atoms with Crippen LogP contribution in [0.5, 0.6) is 0 Å². The lowest BCUT2D eigenvalue weighted by Crippen LogP contribution is -2.29. The molecule has 0 saturated heterocycles. The van der Waals surface area contributed by atoms with E-state index in [2.05, 4.69) is 0 Å². The molecule has 2 rings (SSSR count). The van der Waals surface area contributed by atoms with Crippen LogP contribution in [-0.2, 0) is 6.42 Å². The largest absolute Gasteiger partial charge is 0.392 e. The van der Waals surface area contributed by atoms with Crippen molar-refractivity contribution in [2.45, 2.75) is 19.4 Å². The predicted octanol–water partition coefficient (Wildman–Crippen LogP) is 1.57. The van der Waals surface area contributed by atoms with Crippen molar-refractivity contribution in [2.75, 3.05) is 18.0 Å². The van der Waals surface area contributed by atoms with Gasteiger partial charge in [-0.2, -0.15) is 0 Å². The van der Waals surface area contributed by atoms with Crippen molar-refractivity contribution in [3.05, 3.63) is 29.6 Å². The van der Waals surface area contributed by atoms with Gasteiger partial charge in [-0.15, -0.1) is 0 Å². The number of hydrogen-bond acceptors (Lipinski definition) is 2. The Labute approximate surface area is 83.0 Å². The van der Waals surface area contributed by atoms with Crippen LogP contribution in [0.3, 0.4) is 0 Å². The lowest BCUT2D eigenvalue weighted by Gasteiger charge is -2.20. The molecule has 0 aromatic heterocycles. The smallest absolute Gasteiger partial charge is 0.125 e. The van der Waals surface area contributed by atoms with Crippen molar-refractivity contribution < 1.29 is 9.50 Å². The molecule has 1 aromatic rings. The van der Waals surface area contributed by atoms with Gasteiger partial charge in [0.1, 0.15) is 5.82 Å². The van der Waals surface area contributed by atoms with E-state index in [0.717, 1.165) is 18.7 Å². The van der Waals surface area contributed by atoms with Crippen LogP contribution in [0.4, 0.5) is 10.1 Å². The average Bonchev–Trinajstić information content (AvgIpc) is 2.47. The predicted molar refractivity (Wildman–Crippen MR) is 54.0 cm³/mol. The van der Waals surface area contributed by atoms with Crippen molar-refractivity contribution in [3.63, 3.8) is 0 Å². The molecule has 0 spiro atoms.